The van der Waals surface area contributed by atoms with Crippen LogP contribution in [0.3, 0.4) is 0 Å². The summed E-state index contributed by atoms with van der Waals surface area (Å²) in [6.45, 7) is 13.6. The van der Waals surface area contributed by atoms with Crippen LogP contribution in [0.5, 0.6) is 5.75 Å². The number of dihydropyridines is 1. The highest BCUT2D eigenvalue weighted by Gasteiger charge is 2.29. The van der Waals surface area contributed by atoms with E-state index in [0.29, 0.717) is 50.2 Å². The van der Waals surface area contributed by atoms with Crippen LogP contribution in [0, 0.1) is 27.2 Å². The van der Waals surface area contributed by atoms with Crippen LogP contribution in [0.25, 0.3) is 5.57 Å². The maximum Gasteiger partial charge on any atom is 0.141 e. The summed E-state index contributed by atoms with van der Waals surface area (Å²) in [5.74, 6) is 1.17. The molecule has 4 N–H and O–H groups in total. The van der Waals surface area contributed by atoms with Gasteiger partial charge in [-0.05, 0) is 36.3 Å². The second-order valence-electron chi connectivity index (χ2n) is 7.69. The molecule has 0 aromatic heterocycles. The third-order valence-electron chi connectivity index (χ3n) is 5.05. The van der Waals surface area contributed by atoms with Crippen LogP contribution in [-0.2, 0) is 0 Å². The molecule has 1 aromatic carbocycles. The standard InChI is InChI=1S/C26H27ClN8O2S/c1-16(5-6-17(2)27)19(4)32-18(3)15-38-26-23(14-29)24(22(13-28)25(33-26)34-35-30)20-7-9-21(10-8-20)37-12-11-31-36/h5-10,14,26,29,33H,1-3,11-12,15H2,4H3,(H2,30,34)/b6-5-,29-14?,32-19+. The number of nitrogens with zero attached hydrogens (tertiary/aromatic N) is 4. The lowest BCUT2D eigenvalue weighted by molar-refractivity contribution is 0.328. The van der Waals surface area contributed by atoms with E-state index in [0.717, 1.165) is 0 Å². The van der Waals surface area contributed by atoms with E-state index >= 15 is 0 Å². The monoisotopic (exact) mass is 550 g/mol. The first kappa shape index (κ1) is 30.0. The molecule has 0 bridgehead atoms. The molecule has 2 rings (SSSR count). The van der Waals surface area contributed by atoms with E-state index in [2.05, 4.69) is 51.9 Å². The van der Waals surface area contributed by atoms with E-state index in [9.17, 15) is 10.2 Å². The van der Waals surface area contributed by atoms with Crippen molar-refractivity contribution in [2.75, 3.05) is 18.9 Å². The Morgan fingerprint density at radius 2 is 2.03 bits per heavy atom. The van der Waals surface area contributed by atoms with Gasteiger partial charge in [-0.3, -0.25) is 4.99 Å². The Hall–Kier alpha value is -4.27. The fourth-order valence-corrected chi connectivity index (χ4v) is 4.33. The zero-order valence-corrected chi connectivity index (χ0v) is 22.3. The number of benzene rings is 1. The molecular weight excluding hydrogens is 524 g/mol. The molecule has 0 fully saturated rings. The number of allylic oxidation sites excluding steroid dienone is 6. The largest absolute Gasteiger partial charge is 0.492 e. The predicted octanol–water partition coefficient (Wildman–Crippen LogP) is 6.01. The minimum absolute atomic E-state index is 0.0330. The number of nitroso groups, excluding NO2 is 1. The van der Waals surface area contributed by atoms with Gasteiger partial charge in [0.15, 0.2) is 0 Å². The highest BCUT2D eigenvalue weighted by Crippen LogP contribution is 2.36. The Balaban J connectivity index is 2.35. The third kappa shape index (κ3) is 8.40. The predicted molar refractivity (Wildman–Crippen MR) is 154 cm³/mol. The summed E-state index contributed by atoms with van der Waals surface area (Å²) in [7, 11) is 0. The average Bonchev–Trinajstić information content (AvgIpc) is 2.90. The summed E-state index contributed by atoms with van der Waals surface area (Å²) in [5, 5.41) is 27.1. The van der Waals surface area contributed by atoms with Crippen molar-refractivity contribution < 1.29 is 4.74 Å². The average molecular weight is 551 g/mol. The maximum absolute atomic E-state index is 10.3. The van der Waals surface area contributed by atoms with Gasteiger partial charge >= 0.3 is 0 Å². The number of halogens is 1. The molecule has 196 valence electrons. The van der Waals surface area contributed by atoms with Crippen LogP contribution in [0.2, 0.25) is 0 Å². The first-order valence-electron chi connectivity index (χ1n) is 11.1. The highest BCUT2D eigenvalue weighted by atomic mass is 35.5. The summed E-state index contributed by atoms with van der Waals surface area (Å²) in [5.41, 5.74) is 13.6. The molecule has 0 amide bonds. The van der Waals surface area contributed by atoms with Gasteiger partial charge in [0.05, 0.1) is 0 Å². The number of thioether (sulfide) groups is 1. The minimum atomic E-state index is -0.478. The van der Waals surface area contributed by atoms with Crippen LogP contribution in [-0.4, -0.2) is 36.2 Å². The van der Waals surface area contributed by atoms with Crippen molar-refractivity contribution in [2.45, 2.75) is 12.3 Å². The second-order valence-corrected chi connectivity index (χ2v) is 9.27. The Morgan fingerprint density at radius 3 is 2.61 bits per heavy atom. The van der Waals surface area contributed by atoms with E-state index in [1.165, 1.54) is 18.0 Å². The van der Waals surface area contributed by atoms with Gasteiger partial charge in [-0.1, -0.05) is 59.9 Å². The van der Waals surface area contributed by atoms with E-state index in [4.69, 9.17) is 27.3 Å². The summed E-state index contributed by atoms with van der Waals surface area (Å²) in [4.78, 5) is 14.8. The smallest absolute Gasteiger partial charge is 0.141 e. The fourth-order valence-electron chi connectivity index (χ4n) is 3.28. The molecule has 1 atom stereocenters. The Morgan fingerprint density at radius 1 is 1.32 bits per heavy atom. The summed E-state index contributed by atoms with van der Waals surface area (Å²) in [6, 6.07) is 9.06. The van der Waals surface area contributed by atoms with Gasteiger partial charge in [-0.2, -0.15) is 15.7 Å². The number of hydrogen-bond donors (Lipinski definition) is 4. The Kier molecular flexibility index (Phi) is 11.9. The molecule has 0 spiro atoms. The molecule has 0 radical (unpaired) electrons. The van der Waals surface area contributed by atoms with Gasteiger partial charge in [0.1, 0.15) is 41.7 Å². The van der Waals surface area contributed by atoms with Crippen molar-refractivity contribution in [2.24, 2.45) is 15.4 Å². The molecule has 0 saturated carbocycles. The number of hydrogen-bond acceptors (Lipinski definition) is 10. The maximum atomic E-state index is 10.3. The van der Waals surface area contributed by atoms with Crippen molar-refractivity contribution in [3.63, 3.8) is 0 Å². The molecule has 1 unspecified atom stereocenters. The van der Waals surface area contributed by atoms with Gasteiger partial charge in [-0.25, -0.2) is 5.43 Å². The summed E-state index contributed by atoms with van der Waals surface area (Å²) < 4.78 is 5.47. The lowest BCUT2D eigenvalue weighted by Gasteiger charge is -2.29. The highest BCUT2D eigenvalue weighted by molar-refractivity contribution is 8.00. The van der Waals surface area contributed by atoms with Crippen molar-refractivity contribution >= 4 is 40.9 Å². The van der Waals surface area contributed by atoms with Crippen molar-refractivity contribution in [3.05, 3.63) is 99.9 Å². The number of ether oxygens (including phenoxy) is 1. The molecular formula is C26H27ClN8O2S. The van der Waals surface area contributed by atoms with Crippen molar-refractivity contribution in [1.82, 2.24) is 10.7 Å². The van der Waals surface area contributed by atoms with E-state index in [1.807, 2.05) is 6.92 Å². The van der Waals surface area contributed by atoms with Crippen molar-refractivity contribution in [3.8, 4) is 11.8 Å². The molecule has 12 heteroatoms. The number of nitriles is 1. The molecule has 38 heavy (non-hydrogen) atoms. The minimum Gasteiger partial charge on any atom is -0.492 e. The number of nitrogens with one attached hydrogen (secondary N) is 4. The second kappa shape index (κ2) is 15.1. The van der Waals surface area contributed by atoms with E-state index in [1.54, 1.807) is 36.4 Å². The Bertz CT molecular complexity index is 1290. The van der Waals surface area contributed by atoms with Crippen molar-refractivity contribution in [1.29, 1.82) is 16.2 Å². The lowest BCUT2D eigenvalue weighted by atomic mass is 9.91. The molecule has 1 heterocycles. The normalized spacial score (nSPS) is 15.4. The van der Waals surface area contributed by atoms with E-state index in [-0.39, 0.29) is 24.5 Å². The quantitative estimate of drug-likeness (QED) is 0.0522. The molecule has 0 saturated heterocycles. The zero-order chi connectivity index (χ0) is 28.1. The van der Waals surface area contributed by atoms with Gasteiger partial charge < -0.3 is 15.5 Å². The molecule has 0 aliphatic carbocycles. The summed E-state index contributed by atoms with van der Waals surface area (Å²) in [6.07, 6.45) is 4.53. The first-order valence-corrected chi connectivity index (χ1v) is 12.6. The zero-order valence-electron chi connectivity index (χ0n) is 20.8. The lowest BCUT2D eigenvalue weighted by Crippen LogP contribution is -2.38. The van der Waals surface area contributed by atoms with Crippen LogP contribution in [0.4, 0.5) is 0 Å². The molecule has 10 nitrogen and oxygen atoms in total. The SMILES string of the molecule is C=C(Cl)/C=C\C(=C)/C(C)=N/C(=C)CSC1NC(NN=N)=C(C#N)C(c2ccc(OCCN=O)cc2)=C1C=N. The van der Waals surface area contributed by atoms with Crippen LogP contribution in [0.1, 0.15) is 12.5 Å². The van der Waals surface area contributed by atoms with Gasteiger partial charge in [0.25, 0.3) is 0 Å². The van der Waals surface area contributed by atoms with Crippen LogP contribution < -0.4 is 15.5 Å². The fraction of sp³-hybridized carbons (Fsp3) is 0.192. The summed E-state index contributed by atoms with van der Waals surface area (Å²) >= 11 is 7.17. The van der Waals surface area contributed by atoms with Gasteiger partial charge in [0.2, 0.25) is 0 Å². The topological polar surface area (TPSA) is 159 Å². The van der Waals surface area contributed by atoms with Crippen LogP contribution >= 0.6 is 23.4 Å². The molecule has 1 aliphatic heterocycles. The number of rotatable bonds is 15. The Labute approximate surface area is 230 Å². The first-order chi connectivity index (χ1) is 18.2. The molecule has 1 aromatic rings. The molecule has 1 aliphatic rings. The van der Waals surface area contributed by atoms with Gasteiger partial charge in [0, 0.05) is 39.6 Å². The number of aliphatic imine (C=N–C) groups is 1. The van der Waals surface area contributed by atoms with Crippen LogP contribution in [0.15, 0.2) is 105 Å². The third-order valence-corrected chi connectivity index (χ3v) is 6.38. The van der Waals surface area contributed by atoms with E-state index < -0.39 is 5.37 Å². The van der Waals surface area contributed by atoms with Gasteiger partial charge in [-0.15, -0.1) is 11.8 Å².